The Kier molecular flexibility index (Phi) is 5.58. The number of nitrogens with zero attached hydrogens (tertiary/aromatic N) is 1. The van der Waals surface area contributed by atoms with E-state index in [-0.39, 0.29) is 17.4 Å². The molecule has 0 aliphatic carbocycles. The summed E-state index contributed by atoms with van der Waals surface area (Å²) in [6, 6.07) is 7.96. The van der Waals surface area contributed by atoms with Gasteiger partial charge in [-0.3, -0.25) is 0 Å². The van der Waals surface area contributed by atoms with Crippen molar-refractivity contribution in [3.8, 4) is 0 Å². The summed E-state index contributed by atoms with van der Waals surface area (Å²) in [4.78, 5) is 0. The van der Waals surface area contributed by atoms with Gasteiger partial charge in [0.15, 0.2) is 0 Å². The van der Waals surface area contributed by atoms with Crippen molar-refractivity contribution in [3.05, 3.63) is 35.4 Å². The first-order chi connectivity index (χ1) is 9.45. The van der Waals surface area contributed by atoms with Crippen LogP contribution in [0.5, 0.6) is 0 Å². The largest absolute Gasteiger partial charge is 0.279 e. The Labute approximate surface area is 129 Å². The highest BCUT2D eigenvalue weighted by atomic mass is 32.2. The number of hydrogen-bond acceptors (Lipinski definition) is 2. The van der Waals surface area contributed by atoms with Crippen molar-refractivity contribution in [2.45, 2.75) is 46.1 Å². The SMILES string of the molecule is CC(C)[C@@H](NS(=O)(=O)N(C)C)c1ccc(C(C)(C)C)cc1. The number of benzene rings is 1. The molecule has 5 heteroatoms. The van der Waals surface area contributed by atoms with Crippen LogP contribution in [0.1, 0.15) is 51.8 Å². The summed E-state index contributed by atoms with van der Waals surface area (Å²) in [5.74, 6) is 0.167. The van der Waals surface area contributed by atoms with Gasteiger partial charge in [0, 0.05) is 14.1 Å². The second kappa shape index (κ2) is 6.46. The van der Waals surface area contributed by atoms with E-state index >= 15 is 0 Å². The van der Waals surface area contributed by atoms with Gasteiger partial charge in [-0.05, 0) is 22.5 Å². The van der Waals surface area contributed by atoms with Crippen LogP contribution in [0, 0.1) is 5.92 Å². The smallest absolute Gasteiger partial charge is 0.195 e. The molecule has 0 saturated heterocycles. The predicted molar refractivity (Wildman–Crippen MR) is 88.5 cm³/mol. The molecule has 0 aromatic heterocycles. The molecule has 1 N–H and O–H groups in total. The van der Waals surface area contributed by atoms with E-state index in [0.29, 0.717) is 0 Å². The van der Waals surface area contributed by atoms with Crippen LogP contribution in [0.15, 0.2) is 24.3 Å². The van der Waals surface area contributed by atoms with E-state index in [1.807, 2.05) is 26.0 Å². The first kappa shape index (κ1) is 18.1. The van der Waals surface area contributed by atoms with Gasteiger partial charge in [-0.25, -0.2) is 0 Å². The van der Waals surface area contributed by atoms with Crippen LogP contribution in [0.2, 0.25) is 0 Å². The molecule has 0 radical (unpaired) electrons. The maximum Gasteiger partial charge on any atom is 0.279 e. The molecule has 0 bridgehead atoms. The van der Waals surface area contributed by atoms with E-state index in [2.05, 4.69) is 37.6 Å². The lowest BCUT2D eigenvalue weighted by Gasteiger charge is -2.26. The Morgan fingerprint density at radius 3 is 1.86 bits per heavy atom. The normalized spacial score (nSPS) is 14.7. The summed E-state index contributed by atoms with van der Waals surface area (Å²) in [5.41, 5.74) is 2.32. The lowest BCUT2D eigenvalue weighted by Crippen LogP contribution is -2.39. The molecule has 120 valence electrons. The molecule has 0 fully saturated rings. The van der Waals surface area contributed by atoms with Gasteiger partial charge < -0.3 is 0 Å². The molecule has 0 aliphatic heterocycles. The van der Waals surface area contributed by atoms with Gasteiger partial charge in [-0.15, -0.1) is 0 Å². The molecule has 1 aromatic rings. The Balaban J connectivity index is 3.08. The molecule has 0 saturated carbocycles. The zero-order valence-corrected chi connectivity index (χ0v) is 15.0. The van der Waals surface area contributed by atoms with Gasteiger partial charge >= 0.3 is 0 Å². The fraction of sp³-hybridized carbons (Fsp3) is 0.625. The summed E-state index contributed by atoms with van der Waals surface area (Å²) in [7, 11) is -0.385. The molecular formula is C16H28N2O2S. The molecular weight excluding hydrogens is 284 g/mol. The molecule has 1 rings (SSSR count). The molecule has 0 heterocycles. The summed E-state index contributed by atoms with van der Waals surface area (Å²) >= 11 is 0. The predicted octanol–water partition coefficient (Wildman–Crippen LogP) is 3.08. The van der Waals surface area contributed by atoms with E-state index in [1.165, 1.54) is 24.0 Å². The lowest BCUT2D eigenvalue weighted by molar-refractivity contribution is 0.437. The fourth-order valence-corrected chi connectivity index (χ4v) is 2.99. The first-order valence-electron chi connectivity index (χ1n) is 7.25. The molecule has 0 spiro atoms. The Hall–Kier alpha value is -0.910. The highest BCUT2D eigenvalue weighted by molar-refractivity contribution is 7.87. The maximum absolute atomic E-state index is 12.1. The molecule has 1 atom stereocenters. The van der Waals surface area contributed by atoms with Crippen LogP contribution in [0.25, 0.3) is 0 Å². The van der Waals surface area contributed by atoms with Crippen molar-refractivity contribution in [3.63, 3.8) is 0 Å². The number of rotatable bonds is 5. The third kappa shape index (κ3) is 4.80. The van der Waals surface area contributed by atoms with Crippen molar-refractivity contribution >= 4 is 10.2 Å². The van der Waals surface area contributed by atoms with Gasteiger partial charge in [0.25, 0.3) is 10.2 Å². The van der Waals surface area contributed by atoms with Crippen molar-refractivity contribution in [1.29, 1.82) is 0 Å². The zero-order valence-electron chi connectivity index (χ0n) is 14.1. The highest BCUT2D eigenvalue weighted by Crippen LogP contribution is 2.27. The fourth-order valence-electron chi connectivity index (χ4n) is 2.05. The van der Waals surface area contributed by atoms with E-state index in [9.17, 15) is 8.42 Å². The van der Waals surface area contributed by atoms with Gasteiger partial charge in [-0.1, -0.05) is 58.9 Å². The molecule has 21 heavy (non-hydrogen) atoms. The second-order valence-electron chi connectivity index (χ2n) is 7.00. The van der Waals surface area contributed by atoms with Crippen molar-refractivity contribution in [2.75, 3.05) is 14.1 Å². The van der Waals surface area contributed by atoms with E-state index in [0.717, 1.165) is 5.56 Å². The minimum absolute atomic E-state index is 0.0923. The van der Waals surface area contributed by atoms with Gasteiger partial charge in [0.1, 0.15) is 0 Å². The highest BCUT2D eigenvalue weighted by Gasteiger charge is 2.24. The Bertz CT molecular complexity index is 555. The standard InChI is InChI=1S/C16H28N2O2S/c1-12(2)15(17-21(19,20)18(6)7)13-8-10-14(11-9-13)16(3,4)5/h8-12,15,17H,1-7H3/t15-/m1/s1. The van der Waals surface area contributed by atoms with Gasteiger partial charge in [0.2, 0.25) is 0 Å². The maximum atomic E-state index is 12.1. The van der Waals surface area contributed by atoms with Crippen LogP contribution >= 0.6 is 0 Å². The topological polar surface area (TPSA) is 49.4 Å². The molecule has 0 aliphatic rings. The molecule has 1 aromatic carbocycles. The summed E-state index contributed by atoms with van der Waals surface area (Å²) in [6.45, 7) is 10.5. The van der Waals surface area contributed by atoms with Crippen LogP contribution in [-0.2, 0) is 15.6 Å². The quantitative estimate of drug-likeness (QED) is 0.908. The Morgan fingerprint density at radius 1 is 1.05 bits per heavy atom. The average Bonchev–Trinajstić information content (AvgIpc) is 2.34. The van der Waals surface area contributed by atoms with Crippen molar-refractivity contribution < 1.29 is 8.42 Å². The minimum atomic E-state index is -3.45. The van der Waals surface area contributed by atoms with Gasteiger partial charge in [0.05, 0.1) is 6.04 Å². The van der Waals surface area contributed by atoms with Crippen LogP contribution in [-0.4, -0.2) is 26.8 Å². The number of hydrogen-bond donors (Lipinski definition) is 1. The van der Waals surface area contributed by atoms with Gasteiger partial charge in [-0.2, -0.15) is 17.4 Å². The van der Waals surface area contributed by atoms with Crippen molar-refractivity contribution in [2.24, 2.45) is 5.92 Å². The summed E-state index contributed by atoms with van der Waals surface area (Å²) < 4.78 is 28.1. The average molecular weight is 312 g/mol. The van der Waals surface area contributed by atoms with Crippen LogP contribution in [0.4, 0.5) is 0 Å². The molecule has 4 nitrogen and oxygen atoms in total. The van der Waals surface area contributed by atoms with Crippen LogP contribution in [0.3, 0.4) is 0 Å². The number of nitrogens with one attached hydrogen (secondary N) is 1. The first-order valence-corrected chi connectivity index (χ1v) is 8.69. The monoisotopic (exact) mass is 312 g/mol. The molecule has 0 amide bonds. The molecule has 0 unspecified atom stereocenters. The van der Waals surface area contributed by atoms with Crippen molar-refractivity contribution in [1.82, 2.24) is 9.03 Å². The zero-order chi connectivity index (χ0) is 16.4. The summed E-state index contributed by atoms with van der Waals surface area (Å²) in [5, 5.41) is 0. The third-order valence-electron chi connectivity index (χ3n) is 3.56. The Morgan fingerprint density at radius 2 is 1.52 bits per heavy atom. The second-order valence-corrected chi connectivity index (χ2v) is 8.92. The lowest BCUT2D eigenvalue weighted by atomic mass is 9.85. The van der Waals surface area contributed by atoms with Crippen LogP contribution < -0.4 is 4.72 Å². The summed E-state index contributed by atoms with van der Waals surface area (Å²) in [6.07, 6.45) is 0. The minimum Gasteiger partial charge on any atom is -0.195 e. The van der Waals surface area contributed by atoms with E-state index in [4.69, 9.17) is 0 Å². The van der Waals surface area contributed by atoms with E-state index < -0.39 is 10.2 Å². The third-order valence-corrected chi connectivity index (χ3v) is 5.07. The van der Waals surface area contributed by atoms with E-state index in [1.54, 1.807) is 0 Å².